The number of fused-ring (bicyclic) bond motifs is 5. The zero-order chi connectivity index (χ0) is 31.4. The summed E-state index contributed by atoms with van der Waals surface area (Å²) in [4.78, 5) is 14.0. The van der Waals surface area contributed by atoms with E-state index in [-0.39, 0.29) is 16.9 Å². The maximum absolute atomic E-state index is 15.6. The van der Waals surface area contributed by atoms with Crippen molar-refractivity contribution in [2.75, 3.05) is 0 Å². The molecule has 0 bridgehead atoms. The van der Waals surface area contributed by atoms with Gasteiger partial charge in [-0.3, -0.25) is 4.79 Å². The van der Waals surface area contributed by atoms with Gasteiger partial charge in [-0.1, -0.05) is 66.7 Å². The average molecular weight is 639 g/mol. The van der Waals surface area contributed by atoms with Crippen molar-refractivity contribution in [1.29, 1.82) is 0 Å². The van der Waals surface area contributed by atoms with Crippen LogP contribution in [0.25, 0.3) is 17.2 Å². The number of carbonyl (C=O) groups is 1. The Bertz CT molecular complexity index is 1890. The first-order valence-corrected chi connectivity index (χ1v) is 15.5. The fraction of sp³-hybridized carbons (Fsp3) is 0.229. The Balaban J connectivity index is 1.48. The zero-order valence-electron chi connectivity index (χ0n) is 23.7. The molecule has 2 aromatic carbocycles. The van der Waals surface area contributed by atoms with E-state index in [0.29, 0.717) is 26.5 Å². The summed E-state index contributed by atoms with van der Waals surface area (Å²) in [6.45, 7) is 4.99. The van der Waals surface area contributed by atoms with Crippen LogP contribution in [-0.4, -0.2) is 33.0 Å². The molecule has 44 heavy (non-hydrogen) atoms. The van der Waals surface area contributed by atoms with Crippen LogP contribution >= 0.6 is 23.5 Å². The molecule has 9 heteroatoms. The lowest BCUT2D eigenvalue weighted by Gasteiger charge is -2.47. The van der Waals surface area contributed by atoms with E-state index in [2.05, 4.69) is 0 Å². The largest absolute Gasteiger partial charge is 0.380 e. The molecule has 224 valence electrons. The minimum atomic E-state index is -5.60. The highest BCUT2D eigenvalue weighted by Crippen LogP contribution is 2.74. The van der Waals surface area contributed by atoms with Crippen LogP contribution in [0.15, 0.2) is 117 Å². The zero-order valence-corrected chi connectivity index (χ0v) is 25.3. The normalized spacial score (nSPS) is 30.2. The van der Waals surface area contributed by atoms with Crippen LogP contribution in [0.5, 0.6) is 0 Å². The maximum Gasteiger partial charge on any atom is 0.380 e. The second-order valence-corrected chi connectivity index (χ2v) is 14.8. The van der Waals surface area contributed by atoms with Crippen LogP contribution in [0.1, 0.15) is 37.5 Å². The van der Waals surface area contributed by atoms with Crippen LogP contribution in [0, 0.1) is 0 Å². The molecule has 2 aliphatic heterocycles. The molecular formula is C35H24F6OS2. The van der Waals surface area contributed by atoms with E-state index in [9.17, 15) is 13.6 Å². The summed E-state index contributed by atoms with van der Waals surface area (Å²) in [6, 6.07) is 16.4. The number of ketones is 1. The highest BCUT2D eigenvalue weighted by Gasteiger charge is 2.84. The van der Waals surface area contributed by atoms with Gasteiger partial charge >= 0.3 is 17.8 Å². The number of rotatable bonds is 3. The number of thioether (sulfide) groups is 2. The Morgan fingerprint density at radius 1 is 0.750 bits per heavy atom. The Morgan fingerprint density at radius 3 is 2.02 bits per heavy atom. The van der Waals surface area contributed by atoms with Crippen LogP contribution in [-0.2, 0) is 4.79 Å². The number of allylic oxidation sites excluding steroid dienone is 10. The molecule has 2 aromatic rings. The smallest absolute Gasteiger partial charge is 0.289 e. The van der Waals surface area contributed by atoms with Crippen LogP contribution < -0.4 is 0 Å². The number of alkyl halides is 6. The predicted molar refractivity (Wildman–Crippen MR) is 166 cm³/mol. The average Bonchev–Trinajstić information content (AvgIpc) is 3.52. The van der Waals surface area contributed by atoms with Gasteiger partial charge in [0.05, 0.1) is 9.49 Å². The Morgan fingerprint density at radius 2 is 1.34 bits per heavy atom. The quantitative estimate of drug-likeness (QED) is 0.246. The van der Waals surface area contributed by atoms with E-state index in [1.165, 1.54) is 41.8 Å². The summed E-state index contributed by atoms with van der Waals surface area (Å²) in [5, 5.41) is 0. The number of halogens is 6. The van der Waals surface area contributed by atoms with Gasteiger partial charge in [0.2, 0.25) is 0 Å². The van der Waals surface area contributed by atoms with Crippen molar-refractivity contribution in [3.05, 3.63) is 134 Å². The molecule has 0 amide bonds. The van der Waals surface area contributed by atoms with Crippen LogP contribution in [0.4, 0.5) is 26.3 Å². The van der Waals surface area contributed by atoms with Gasteiger partial charge in [-0.2, -0.15) is 26.3 Å². The first-order valence-electron chi connectivity index (χ1n) is 13.9. The fourth-order valence-electron chi connectivity index (χ4n) is 6.77. The second-order valence-electron chi connectivity index (χ2n) is 11.6. The standard InChI is InChI=1S/C35H24F6OS2/c1-19-17-25-29-30(34(38,39)35(40,41)33(29,36)37)26-18-28(44-32(26,3)31(25,2)43-19)23(20-9-5-4-6-10-20)14-15-24-22-12-8-7-11-21(22)13-16-27(24)42/h4-18H,1-3H3/b23-14+,24-15-/t31-,32-/m0/s1. The Labute approximate surface area is 258 Å². The predicted octanol–water partition coefficient (Wildman–Crippen LogP) is 10.1. The van der Waals surface area contributed by atoms with Gasteiger partial charge in [0.25, 0.3) is 0 Å². The monoisotopic (exact) mass is 638 g/mol. The maximum atomic E-state index is 15.6. The van der Waals surface area contributed by atoms with Crippen molar-refractivity contribution in [1.82, 2.24) is 0 Å². The summed E-state index contributed by atoms with van der Waals surface area (Å²) in [5.74, 6) is -16.0. The van der Waals surface area contributed by atoms with E-state index in [1.54, 1.807) is 51.1 Å². The molecule has 3 aliphatic carbocycles. The minimum absolute atomic E-state index is 0.186. The lowest BCUT2D eigenvalue weighted by atomic mass is 9.71. The van der Waals surface area contributed by atoms with Crippen molar-refractivity contribution in [2.45, 2.75) is 48.0 Å². The highest BCUT2D eigenvalue weighted by atomic mass is 32.2. The molecule has 2 heterocycles. The van der Waals surface area contributed by atoms with Gasteiger partial charge in [-0.05, 0) is 83.4 Å². The minimum Gasteiger partial charge on any atom is -0.289 e. The summed E-state index contributed by atoms with van der Waals surface area (Å²) in [7, 11) is 0. The lowest BCUT2D eigenvalue weighted by molar-refractivity contribution is -0.258. The first kappa shape index (κ1) is 29.3. The second kappa shape index (κ2) is 9.30. The van der Waals surface area contributed by atoms with Gasteiger partial charge in [0, 0.05) is 21.6 Å². The number of carbonyl (C=O) groups excluding carboxylic acids is 1. The van der Waals surface area contributed by atoms with Crippen LogP contribution in [0.2, 0.25) is 0 Å². The molecule has 5 aliphatic rings. The van der Waals surface area contributed by atoms with Gasteiger partial charge in [-0.15, -0.1) is 23.5 Å². The third-order valence-electron chi connectivity index (χ3n) is 9.14. The molecule has 1 fully saturated rings. The number of benzene rings is 2. The molecule has 0 N–H and O–H groups in total. The molecule has 7 rings (SSSR count). The molecule has 0 radical (unpaired) electrons. The third-order valence-corrected chi connectivity index (χ3v) is 12.3. The highest BCUT2D eigenvalue weighted by molar-refractivity contribution is 8.09. The molecule has 2 atom stereocenters. The molecule has 0 spiro atoms. The molecule has 1 saturated carbocycles. The molecular weight excluding hydrogens is 615 g/mol. The first-order chi connectivity index (χ1) is 20.6. The summed E-state index contributed by atoms with van der Waals surface area (Å²) >= 11 is 2.42. The van der Waals surface area contributed by atoms with Crippen molar-refractivity contribution >= 4 is 46.5 Å². The molecule has 0 unspecified atom stereocenters. The summed E-state index contributed by atoms with van der Waals surface area (Å²) in [5.41, 5.74) is 0.274. The number of hydrogen-bond acceptors (Lipinski definition) is 3. The van der Waals surface area contributed by atoms with Crippen molar-refractivity contribution in [2.24, 2.45) is 0 Å². The third kappa shape index (κ3) is 3.62. The Hall–Kier alpha value is -3.43. The van der Waals surface area contributed by atoms with Crippen LogP contribution in [0.3, 0.4) is 0 Å². The fourth-order valence-corrected chi connectivity index (χ4v) is 9.90. The van der Waals surface area contributed by atoms with Crippen molar-refractivity contribution < 1.29 is 31.1 Å². The van der Waals surface area contributed by atoms with Gasteiger partial charge in [0.1, 0.15) is 0 Å². The molecule has 0 saturated heterocycles. The SMILES string of the molecule is CC1=CC2=C3C(=C4C=C(/C(=C/C=C5\C(=O)C=Cc6ccccc65)c5ccccc5)S[C@]4(C)[C@@]2(C)S1)C(F)(F)C(F)(F)C3(F)F. The van der Waals surface area contributed by atoms with E-state index in [0.717, 1.165) is 11.1 Å². The van der Waals surface area contributed by atoms with E-state index >= 15 is 17.6 Å². The lowest BCUT2D eigenvalue weighted by Crippen LogP contribution is -2.48. The molecule has 0 aromatic heterocycles. The van der Waals surface area contributed by atoms with Crippen molar-refractivity contribution in [3.63, 3.8) is 0 Å². The summed E-state index contributed by atoms with van der Waals surface area (Å²) < 4.78 is 89.5. The number of hydrogen-bond donors (Lipinski definition) is 0. The van der Waals surface area contributed by atoms with E-state index in [1.807, 2.05) is 42.5 Å². The summed E-state index contributed by atoms with van der Waals surface area (Å²) in [6.07, 6.45) is 9.30. The van der Waals surface area contributed by atoms with E-state index < -0.39 is 38.4 Å². The Kier molecular flexibility index (Phi) is 6.19. The van der Waals surface area contributed by atoms with Crippen molar-refractivity contribution in [3.8, 4) is 0 Å². The molecule has 1 nitrogen and oxygen atoms in total. The van der Waals surface area contributed by atoms with E-state index in [4.69, 9.17) is 0 Å². The van der Waals surface area contributed by atoms with Gasteiger partial charge in [-0.25, -0.2) is 0 Å². The van der Waals surface area contributed by atoms with Gasteiger partial charge < -0.3 is 0 Å². The van der Waals surface area contributed by atoms with Gasteiger partial charge in [0.15, 0.2) is 5.78 Å². The topological polar surface area (TPSA) is 17.1 Å².